The molecule has 0 unspecified atom stereocenters. The normalized spacial score (nSPS) is 14.3. The molecule has 1 aliphatic heterocycles. The Morgan fingerprint density at radius 1 is 1.17 bits per heavy atom. The number of benzene rings is 1. The molecule has 1 fully saturated rings. The van der Waals surface area contributed by atoms with Crippen LogP contribution < -0.4 is 4.74 Å². The van der Waals surface area contributed by atoms with E-state index < -0.39 is 0 Å². The Balaban J connectivity index is 1.59. The second-order valence-electron chi connectivity index (χ2n) is 5.63. The first-order valence-corrected chi connectivity index (χ1v) is 7.73. The van der Waals surface area contributed by atoms with E-state index in [2.05, 4.69) is 4.98 Å². The Morgan fingerprint density at radius 2 is 1.92 bits per heavy atom. The lowest BCUT2D eigenvalue weighted by Crippen LogP contribution is -2.33. The van der Waals surface area contributed by atoms with Crippen molar-refractivity contribution in [1.29, 1.82) is 0 Å². The van der Waals surface area contributed by atoms with E-state index in [1.165, 1.54) is 11.0 Å². The summed E-state index contributed by atoms with van der Waals surface area (Å²) in [5, 5.41) is 0. The average molecular weight is 328 g/mol. The van der Waals surface area contributed by atoms with Crippen molar-refractivity contribution in [3.63, 3.8) is 0 Å². The fourth-order valence-electron chi connectivity index (χ4n) is 2.57. The maximum Gasteiger partial charge on any atom is 0.229 e. The molecule has 24 heavy (non-hydrogen) atoms. The molecule has 0 atom stereocenters. The molecule has 0 saturated carbocycles. The molecule has 2 heterocycles. The number of imide groups is 1. The second kappa shape index (κ2) is 6.78. The van der Waals surface area contributed by atoms with E-state index in [4.69, 9.17) is 4.74 Å². The highest BCUT2D eigenvalue weighted by molar-refractivity contribution is 6.01. The molecule has 0 bridgehead atoms. The molecular formula is C18H17FN2O3. The van der Waals surface area contributed by atoms with Gasteiger partial charge in [-0.15, -0.1) is 0 Å². The van der Waals surface area contributed by atoms with Gasteiger partial charge in [0.1, 0.15) is 18.2 Å². The van der Waals surface area contributed by atoms with Crippen LogP contribution >= 0.6 is 0 Å². The molecule has 1 aromatic carbocycles. The first-order chi connectivity index (χ1) is 11.5. The van der Waals surface area contributed by atoms with E-state index in [9.17, 15) is 14.0 Å². The molecule has 3 rings (SSSR count). The van der Waals surface area contributed by atoms with E-state index in [0.29, 0.717) is 11.3 Å². The van der Waals surface area contributed by atoms with Crippen LogP contribution in [0.4, 0.5) is 4.39 Å². The van der Waals surface area contributed by atoms with Gasteiger partial charge in [0.25, 0.3) is 0 Å². The minimum absolute atomic E-state index is 0.149. The smallest absolute Gasteiger partial charge is 0.229 e. The minimum Gasteiger partial charge on any atom is -0.490 e. The van der Waals surface area contributed by atoms with Crippen molar-refractivity contribution in [2.45, 2.75) is 19.8 Å². The van der Waals surface area contributed by atoms with Crippen LogP contribution in [0.2, 0.25) is 0 Å². The maximum atomic E-state index is 13.3. The summed E-state index contributed by atoms with van der Waals surface area (Å²) in [6.07, 6.45) is 2.14. The van der Waals surface area contributed by atoms with Gasteiger partial charge < -0.3 is 4.74 Å². The number of hydrogen-bond donors (Lipinski definition) is 0. The van der Waals surface area contributed by atoms with E-state index in [0.717, 1.165) is 11.3 Å². The zero-order valence-corrected chi connectivity index (χ0v) is 13.3. The predicted octanol–water partition coefficient (Wildman–Crippen LogP) is 2.72. The van der Waals surface area contributed by atoms with Crippen molar-refractivity contribution < 1.29 is 18.7 Å². The van der Waals surface area contributed by atoms with Gasteiger partial charge in [-0.2, -0.15) is 0 Å². The van der Waals surface area contributed by atoms with Gasteiger partial charge in [0.2, 0.25) is 11.8 Å². The van der Waals surface area contributed by atoms with E-state index in [-0.39, 0.29) is 43.6 Å². The van der Waals surface area contributed by atoms with E-state index >= 15 is 0 Å². The summed E-state index contributed by atoms with van der Waals surface area (Å²) >= 11 is 0. The first-order valence-electron chi connectivity index (χ1n) is 7.73. The number of carbonyl (C=O) groups is 2. The highest BCUT2D eigenvalue weighted by Gasteiger charge is 2.28. The van der Waals surface area contributed by atoms with Crippen LogP contribution in [-0.2, 0) is 9.59 Å². The summed E-state index contributed by atoms with van der Waals surface area (Å²) < 4.78 is 18.8. The molecular weight excluding hydrogens is 311 g/mol. The highest BCUT2D eigenvalue weighted by atomic mass is 19.1. The number of hydrogen-bond acceptors (Lipinski definition) is 4. The summed E-state index contributed by atoms with van der Waals surface area (Å²) in [4.78, 5) is 28.5. The Bertz CT molecular complexity index is 758. The Morgan fingerprint density at radius 3 is 2.54 bits per heavy atom. The van der Waals surface area contributed by atoms with Gasteiger partial charge in [-0.1, -0.05) is 0 Å². The van der Waals surface area contributed by atoms with Crippen molar-refractivity contribution in [2.24, 2.45) is 0 Å². The number of pyridine rings is 1. The van der Waals surface area contributed by atoms with Crippen LogP contribution in [0.3, 0.4) is 0 Å². The number of halogens is 1. The monoisotopic (exact) mass is 328 g/mol. The summed E-state index contributed by atoms with van der Waals surface area (Å²) in [5.41, 5.74) is 2.11. The maximum absolute atomic E-state index is 13.3. The molecule has 1 aromatic heterocycles. The largest absolute Gasteiger partial charge is 0.490 e. The average Bonchev–Trinajstić information content (AvgIpc) is 2.90. The third-order valence-corrected chi connectivity index (χ3v) is 3.93. The Hall–Kier alpha value is -2.76. The molecule has 1 aliphatic rings. The summed E-state index contributed by atoms with van der Waals surface area (Å²) in [6.45, 7) is 2.18. The van der Waals surface area contributed by atoms with Gasteiger partial charge in [-0.3, -0.25) is 19.5 Å². The molecule has 1 saturated heterocycles. The van der Waals surface area contributed by atoms with Gasteiger partial charge in [0, 0.05) is 18.4 Å². The number of rotatable bonds is 5. The van der Waals surface area contributed by atoms with Crippen molar-refractivity contribution in [1.82, 2.24) is 9.88 Å². The lowest BCUT2D eigenvalue weighted by Gasteiger charge is -2.14. The van der Waals surface area contributed by atoms with Crippen LogP contribution in [0.5, 0.6) is 5.75 Å². The van der Waals surface area contributed by atoms with Gasteiger partial charge in [0.15, 0.2) is 0 Å². The number of aryl methyl sites for hydroxylation is 1. The fourth-order valence-corrected chi connectivity index (χ4v) is 2.57. The van der Waals surface area contributed by atoms with Gasteiger partial charge in [-0.05, 0) is 42.8 Å². The number of amides is 2. The highest BCUT2D eigenvalue weighted by Crippen LogP contribution is 2.22. The quantitative estimate of drug-likeness (QED) is 0.792. The molecule has 0 aliphatic carbocycles. The van der Waals surface area contributed by atoms with Crippen LogP contribution in [0.1, 0.15) is 18.4 Å². The van der Waals surface area contributed by atoms with Crippen LogP contribution in [0, 0.1) is 12.7 Å². The minimum atomic E-state index is -0.246. The lowest BCUT2D eigenvalue weighted by molar-refractivity contribution is -0.138. The zero-order chi connectivity index (χ0) is 17.1. The lowest BCUT2D eigenvalue weighted by atomic mass is 10.1. The molecule has 0 spiro atoms. The molecule has 124 valence electrons. The summed E-state index contributed by atoms with van der Waals surface area (Å²) in [7, 11) is 0. The van der Waals surface area contributed by atoms with Crippen molar-refractivity contribution in [2.75, 3.05) is 13.2 Å². The molecule has 6 heteroatoms. The Kier molecular flexibility index (Phi) is 4.55. The first kappa shape index (κ1) is 16.1. The number of ether oxygens (including phenoxy) is 1. The third-order valence-electron chi connectivity index (χ3n) is 3.93. The Labute approximate surface area is 139 Å². The number of likely N-dealkylation sites (tertiary alicyclic amines) is 1. The number of nitrogens with zero attached hydrogens (tertiary/aromatic N) is 2. The number of aromatic nitrogens is 1. The van der Waals surface area contributed by atoms with Crippen LogP contribution in [0.15, 0.2) is 36.5 Å². The van der Waals surface area contributed by atoms with Gasteiger partial charge in [0.05, 0.1) is 18.4 Å². The van der Waals surface area contributed by atoms with Crippen LogP contribution in [0.25, 0.3) is 11.3 Å². The third kappa shape index (κ3) is 3.42. The van der Waals surface area contributed by atoms with Crippen molar-refractivity contribution in [3.8, 4) is 17.0 Å². The van der Waals surface area contributed by atoms with E-state index in [1.54, 1.807) is 37.4 Å². The molecule has 2 amide bonds. The van der Waals surface area contributed by atoms with E-state index in [1.807, 2.05) is 0 Å². The standard InChI is InChI=1S/C18H17FN2O3/c1-12-10-13(2-4-15(12)19)16-5-3-14(11-20-16)24-9-8-21-17(22)6-7-18(21)23/h2-5,10-11H,6-9H2,1H3. The van der Waals surface area contributed by atoms with Crippen LogP contribution in [-0.4, -0.2) is 34.8 Å². The molecule has 0 N–H and O–H groups in total. The predicted molar refractivity (Wildman–Crippen MR) is 85.8 cm³/mol. The van der Waals surface area contributed by atoms with Crippen molar-refractivity contribution >= 4 is 11.8 Å². The number of carbonyl (C=O) groups excluding carboxylic acids is 2. The molecule has 5 nitrogen and oxygen atoms in total. The zero-order valence-electron chi connectivity index (χ0n) is 13.3. The molecule has 2 aromatic rings. The van der Waals surface area contributed by atoms with Gasteiger partial charge >= 0.3 is 0 Å². The second-order valence-corrected chi connectivity index (χ2v) is 5.63. The van der Waals surface area contributed by atoms with Crippen molar-refractivity contribution in [3.05, 3.63) is 47.9 Å². The topological polar surface area (TPSA) is 59.5 Å². The summed E-state index contributed by atoms with van der Waals surface area (Å²) in [6, 6.07) is 8.38. The van der Waals surface area contributed by atoms with Gasteiger partial charge in [-0.25, -0.2) is 4.39 Å². The summed E-state index contributed by atoms with van der Waals surface area (Å²) in [5.74, 6) is 0.00824. The SMILES string of the molecule is Cc1cc(-c2ccc(OCCN3C(=O)CCC3=O)cn2)ccc1F. The molecule has 0 radical (unpaired) electrons. The fraction of sp³-hybridized carbons (Fsp3) is 0.278.